The fourth-order valence-corrected chi connectivity index (χ4v) is 4.61. The Morgan fingerprint density at radius 3 is 2.70 bits per heavy atom. The molecule has 30 heavy (non-hydrogen) atoms. The first kappa shape index (κ1) is 19.7. The molecule has 4 rings (SSSR count). The molecule has 0 bridgehead atoms. The predicted molar refractivity (Wildman–Crippen MR) is 113 cm³/mol. The average Bonchev–Trinajstić information content (AvgIpc) is 3.04. The van der Waals surface area contributed by atoms with Crippen LogP contribution in [-0.2, 0) is 14.8 Å². The van der Waals surface area contributed by atoms with E-state index in [0.29, 0.717) is 40.0 Å². The highest BCUT2D eigenvalue weighted by molar-refractivity contribution is 7.93. The summed E-state index contributed by atoms with van der Waals surface area (Å²) in [7, 11) is -3.94. The van der Waals surface area contributed by atoms with E-state index in [0.717, 1.165) is 0 Å². The largest absolute Gasteiger partial charge is 0.484 e. The molecule has 154 valence electrons. The van der Waals surface area contributed by atoms with Gasteiger partial charge < -0.3 is 15.4 Å². The summed E-state index contributed by atoms with van der Waals surface area (Å²) in [5.41, 5.74) is 1.33. The third-order valence-corrected chi connectivity index (χ3v) is 6.05. The first-order valence-electron chi connectivity index (χ1n) is 9.28. The smallest absolute Gasteiger partial charge is 0.262 e. The molecule has 0 radical (unpaired) electrons. The third kappa shape index (κ3) is 3.67. The van der Waals surface area contributed by atoms with E-state index in [2.05, 4.69) is 15.4 Å². The SMILES string of the molecule is CCNC(=O)COc1cccc(NS(=O)(=O)c2ccc3c4c(cccc24)C(=O)N3)c1. The van der Waals surface area contributed by atoms with Gasteiger partial charge in [0.05, 0.1) is 10.6 Å². The summed E-state index contributed by atoms with van der Waals surface area (Å²) >= 11 is 0. The van der Waals surface area contributed by atoms with Gasteiger partial charge in [-0.25, -0.2) is 8.42 Å². The van der Waals surface area contributed by atoms with Crippen LogP contribution in [0, 0.1) is 0 Å². The topological polar surface area (TPSA) is 114 Å². The second-order valence-corrected chi connectivity index (χ2v) is 8.32. The molecule has 0 atom stereocenters. The number of rotatable bonds is 7. The van der Waals surface area contributed by atoms with Gasteiger partial charge in [0, 0.05) is 34.6 Å². The van der Waals surface area contributed by atoms with Crippen LogP contribution in [-0.4, -0.2) is 33.4 Å². The van der Waals surface area contributed by atoms with Crippen molar-refractivity contribution in [1.29, 1.82) is 0 Å². The van der Waals surface area contributed by atoms with E-state index in [1.807, 2.05) is 0 Å². The van der Waals surface area contributed by atoms with E-state index in [-0.39, 0.29) is 23.3 Å². The van der Waals surface area contributed by atoms with Crippen molar-refractivity contribution in [3.8, 4) is 5.75 Å². The van der Waals surface area contributed by atoms with Crippen LogP contribution in [0.2, 0.25) is 0 Å². The summed E-state index contributed by atoms with van der Waals surface area (Å²) in [6, 6.07) is 14.4. The van der Waals surface area contributed by atoms with Crippen LogP contribution in [0.4, 0.5) is 11.4 Å². The molecule has 2 amide bonds. The lowest BCUT2D eigenvalue weighted by Gasteiger charge is -2.12. The van der Waals surface area contributed by atoms with E-state index in [1.165, 1.54) is 12.1 Å². The molecule has 8 nitrogen and oxygen atoms in total. The van der Waals surface area contributed by atoms with Crippen LogP contribution in [0.5, 0.6) is 5.75 Å². The Morgan fingerprint density at radius 1 is 1.10 bits per heavy atom. The molecule has 0 spiro atoms. The lowest BCUT2D eigenvalue weighted by atomic mass is 10.1. The van der Waals surface area contributed by atoms with Gasteiger partial charge in [-0.15, -0.1) is 0 Å². The first-order valence-corrected chi connectivity index (χ1v) is 10.8. The van der Waals surface area contributed by atoms with E-state index in [9.17, 15) is 18.0 Å². The number of anilines is 2. The van der Waals surface area contributed by atoms with E-state index in [1.54, 1.807) is 49.4 Å². The number of benzene rings is 3. The number of hydrogen-bond acceptors (Lipinski definition) is 5. The number of ether oxygens (including phenoxy) is 1. The standard InChI is InChI=1S/C21H19N3O5S/c1-2-22-19(25)12-29-14-6-3-5-13(11-14)24-30(27,28)18-10-9-17-20-15(18)7-4-8-16(20)21(26)23-17/h3-11,24H,2,12H2,1H3,(H,22,25)(H,23,26). The number of nitrogens with one attached hydrogen (secondary N) is 3. The van der Waals surface area contributed by atoms with Crippen LogP contribution < -0.4 is 20.1 Å². The van der Waals surface area contributed by atoms with Crippen molar-refractivity contribution in [3.05, 3.63) is 60.2 Å². The van der Waals surface area contributed by atoms with Gasteiger partial charge in [-0.3, -0.25) is 14.3 Å². The Labute approximate surface area is 173 Å². The number of carbonyl (C=O) groups is 2. The van der Waals surface area contributed by atoms with Crippen molar-refractivity contribution in [2.75, 3.05) is 23.2 Å². The maximum atomic E-state index is 13.1. The Hall–Kier alpha value is -3.59. The fourth-order valence-electron chi connectivity index (χ4n) is 3.35. The summed E-state index contributed by atoms with van der Waals surface area (Å²) in [6.45, 7) is 2.14. The first-order chi connectivity index (χ1) is 14.4. The highest BCUT2D eigenvalue weighted by atomic mass is 32.2. The lowest BCUT2D eigenvalue weighted by molar-refractivity contribution is -0.122. The number of sulfonamides is 1. The molecule has 3 aromatic rings. The monoisotopic (exact) mass is 425 g/mol. The van der Waals surface area contributed by atoms with Gasteiger partial charge in [-0.1, -0.05) is 18.2 Å². The molecule has 0 aliphatic carbocycles. The van der Waals surface area contributed by atoms with E-state index >= 15 is 0 Å². The van der Waals surface area contributed by atoms with Gasteiger partial charge in [0.1, 0.15) is 5.75 Å². The maximum Gasteiger partial charge on any atom is 0.262 e. The van der Waals surface area contributed by atoms with Crippen molar-refractivity contribution in [1.82, 2.24) is 5.32 Å². The molecule has 1 aliphatic rings. The zero-order chi connectivity index (χ0) is 21.3. The fraction of sp³-hybridized carbons (Fsp3) is 0.143. The quantitative estimate of drug-likeness (QED) is 0.539. The summed E-state index contributed by atoms with van der Waals surface area (Å²) < 4.78 is 34.1. The summed E-state index contributed by atoms with van der Waals surface area (Å²) in [5.74, 6) is -0.161. The second-order valence-electron chi connectivity index (χ2n) is 6.67. The number of hydrogen-bond donors (Lipinski definition) is 3. The zero-order valence-corrected chi connectivity index (χ0v) is 16.9. The Bertz CT molecular complexity index is 1270. The lowest BCUT2D eigenvalue weighted by Crippen LogP contribution is -2.28. The van der Waals surface area contributed by atoms with Crippen LogP contribution in [0.15, 0.2) is 59.5 Å². The Balaban J connectivity index is 1.62. The molecule has 3 N–H and O–H groups in total. The summed E-state index contributed by atoms with van der Waals surface area (Å²) in [5, 5.41) is 6.40. The molecule has 3 aromatic carbocycles. The summed E-state index contributed by atoms with van der Waals surface area (Å²) in [6.07, 6.45) is 0. The van der Waals surface area contributed by atoms with Crippen molar-refractivity contribution in [3.63, 3.8) is 0 Å². The number of amides is 2. The molecule has 1 heterocycles. The Morgan fingerprint density at radius 2 is 1.90 bits per heavy atom. The van der Waals surface area contributed by atoms with Gasteiger partial charge in [0.15, 0.2) is 6.61 Å². The molecule has 0 saturated heterocycles. The second kappa shape index (κ2) is 7.68. The van der Waals surface area contributed by atoms with Crippen LogP contribution in [0.3, 0.4) is 0 Å². The molecular weight excluding hydrogens is 406 g/mol. The molecule has 9 heteroatoms. The minimum Gasteiger partial charge on any atom is -0.484 e. The van der Waals surface area contributed by atoms with Crippen molar-refractivity contribution in [2.24, 2.45) is 0 Å². The minimum absolute atomic E-state index is 0.0632. The van der Waals surface area contributed by atoms with Crippen LogP contribution in [0.25, 0.3) is 10.8 Å². The normalized spacial score (nSPS) is 12.5. The van der Waals surface area contributed by atoms with Gasteiger partial charge in [0.2, 0.25) is 0 Å². The van der Waals surface area contributed by atoms with Gasteiger partial charge >= 0.3 is 0 Å². The van der Waals surface area contributed by atoms with Gasteiger partial charge in [-0.05, 0) is 37.3 Å². The molecule has 0 fully saturated rings. The predicted octanol–water partition coefficient (Wildman–Crippen LogP) is 2.72. The highest BCUT2D eigenvalue weighted by Gasteiger charge is 2.26. The van der Waals surface area contributed by atoms with Gasteiger partial charge in [0.25, 0.3) is 21.8 Å². The molecular formula is C21H19N3O5S. The van der Waals surface area contributed by atoms with Crippen molar-refractivity contribution < 1.29 is 22.7 Å². The van der Waals surface area contributed by atoms with E-state index < -0.39 is 10.0 Å². The van der Waals surface area contributed by atoms with Crippen LogP contribution >= 0.6 is 0 Å². The number of likely N-dealkylation sites (N-methyl/N-ethyl adjacent to an activating group) is 1. The average molecular weight is 425 g/mol. The van der Waals surface area contributed by atoms with Crippen molar-refractivity contribution >= 4 is 44.0 Å². The Kier molecular flexibility index (Phi) is 5.04. The molecule has 0 aromatic heterocycles. The van der Waals surface area contributed by atoms with Crippen molar-refractivity contribution in [2.45, 2.75) is 11.8 Å². The molecule has 1 aliphatic heterocycles. The van der Waals surface area contributed by atoms with E-state index in [4.69, 9.17) is 4.74 Å². The maximum absolute atomic E-state index is 13.1. The highest BCUT2D eigenvalue weighted by Crippen LogP contribution is 2.37. The van der Waals surface area contributed by atoms with Gasteiger partial charge in [-0.2, -0.15) is 0 Å². The summed E-state index contributed by atoms with van der Waals surface area (Å²) in [4.78, 5) is 23.7. The van der Waals surface area contributed by atoms with Crippen LogP contribution in [0.1, 0.15) is 17.3 Å². The molecule has 0 unspecified atom stereocenters. The minimum atomic E-state index is -3.94. The number of carbonyl (C=O) groups excluding carboxylic acids is 2. The zero-order valence-electron chi connectivity index (χ0n) is 16.1. The third-order valence-electron chi connectivity index (χ3n) is 4.61. The molecule has 0 saturated carbocycles.